The molecule has 1 heterocycles. The Bertz CT molecular complexity index is 572. The van der Waals surface area contributed by atoms with Crippen molar-refractivity contribution in [2.24, 2.45) is 5.73 Å². The first-order valence-corrected chi connectivity index (χ1v) is 9.20. The zero-order valence-corrected chi connectivity index (χ0v) is 14.1. The molecule has 0 unspecified atom stereocenters. The number of nitrogens with zero attached hydrogens (tertiary/aromatic N) is 2. The van der Waals surface area contributed by atoms with Crippen LogP contribution in [-0.2, 0) is 16.6 Å². The monoisotopic (exact) mass is 313 g/mol. The van der Waals surface area contributed by atoms with Gasteiger partial charge in [-0.2, -0.15) is 4.31 Å². The summed E-state index contributed by atoms with van der Waals surface area (Å²) in [5.41, 5.74) is 6.60. The van der Waals surface area contributed by atoms with E-state index in [-0.39, 0.29) is 12.1 Å². The second-order valence-corrected chi connectivity index (χ2v) is 8.18. The molecule has 0 atom stereocenters. The molecule has 1 aliphatic rings. The summed E-state index contributed by atoms with van der Waals surface area (Å²) >= 11 is 0. The number of nitrogens with two attached hydrogens (primary N) is 1. The quantitative estimate of drug-likeness (QED) is 0.908. The van der Waals surface area contributed by atoms with Crippen molar-refractivity contribution in [2.45, 2.75) is 69.5 Å². The highest BCUT2D eigenvalue weighted by molar-refractivity contribution is 7.89. The molecule has 0 spiro atoms. The van der Waals surface area contributed by atoms with E-state index < -0.39 is 10.0 Å². The van der Waals surface area contributed by atoms with Gasteiger partial charge in [0, 0.05) is 37.6 Å². The van der Waals surface area contributed by atoms with Crippen LogP contribution in [0.25, 0.3) is 0 Å². The molecule has 2 N–H and O–H groups in total. The third kappa shape index (κ3) is 3.33. The van der Waals surface area contributed by atoms with E-state index in [1.54, 1.807) is 23.6 Å². The number of rotatable bonds is 5. The first-order chi connectivity index (χ1) is 9.87. The fourth-order valence-corrected chi connectivity index (χ4v) is 4.56. The second kappa shape index (κ2) is 6.50. The lowest BCUT2D eigenvalue weighted by Crippen LogP contribution is -2.38. The molecule has 1 aromatic heterocycles. The van der Waals surface area contributed by atoms with Crippen LogP contribution in [-0.4, -0.2) is 30.4 Å². The van der Waals surface area contributed by atoms with E-state index in [0.29, 0.717) is 11.4 Å². The van der Waals surface area contributed by atoms with E-state index in [9.17, 15) is 8.42 Å². The Kier molecular flexibility index (Phi) is 5.11. The highest BCUT2D eigenvalue weighted by Gasteiger charge is 2.30. The molecule has 21 heavy (non-hydrogen) atoms. The van der Waals surface area contributed by atoms with Crippen molar-refractivity contribution in [2.75, 3.05) is 7.05 Å². The largest absolute Gasteiger partial charge is 0.346 e. The van der Waals surface area contributed by atoms with Crippen LogP contribution in [0, 0.1) is 0 Å². The molecule has 1 aromatic rings. The fourth-order valence-electron chi connectivity index (χ4n) is 3.09. The van der Waals surface area contributed by atoms with Crippen molar-refractivity contribution >= 4 is 10.0 Å². The van der Waals surface area contributed by atoms with E-state index in [1.807, 2.05) is 18.4 Å². The van der Waals surface area contributed by atoms with Gasteiger partial charge < -0.3 is 10.3 Å². The van der Waals surface area contributed by atoms with Gasteiger partial charge in [0.15, 0.2) is 0 Å². The summed E-state index contributed by atoms with van der Waals surface area (Å²) in [6.45, 7) is 4.40. The van der Waals surface area contributed by atoms with Crippen molar-refractivity contribution in [1.29, 1.82) is 0 Å². The van der Waals surface area contributed by atoms with Gasteiger partial charge in [0.1, 0.15) is 4.90 Å². The van der Waals surface area contributed by atoms with E-state index >= 15 is 0 Å². The lowest BCUT2D eigenvalue weighted by atomic mass is 9.96. The fraction of sp³-hybridized carbons (Fsp3) is 0.733. The van der Waals surface area contributed by atoms with Gasteiger partial charge in [0.05, 0.1) is 0 Å². The highest BCUT2D eigenvalue weighted by Crippen LogP contribution is 2.28. The molecule has 2 rings (SSSR count). The normalized spacial score (nSPS) is 17.8. The first-order valence-electron chi connectivity index (χ1n) is 7.76. The SMILES string of the molecule is CC(C)n1cc(S(=O)(=O)N(C)C2CCCCC2)cc1CN. The van der Waals surface area contributed by atoms with Crippen LogP contribution in [0.4, 0.5) is 0 Å². The summed E-state index contributed by atoms with van der Waals surface area (Å²) in [5, 5.41) is 0. The van der Waals surface area contributed by atoms with Gasteiger partial charge in [-0.25, -0.2) is 8.42 Å². The third-order valence-corrected chi connectivity index (χ3v) is 6.31. The van der Waals surface area contributed by atoms with Crippen LogP contribution in [0.2, 0.25) is 0 Å². The summed E-state index contributed by atoms with van der Waals surface area (Å²) < 4.78 is 29.1. The molecule has 6 heteroatoms. The second-order valence-electron chi connectivity index (χ2n) is 6.19. The summed E-state index contributed by atoms with van der Waals surface area (Å²) in [6, 6.07) is 2.05. The molecule has 0 aliphatic heterocycles. The molecule has 120 valence electrons. The molecule has 1 fully saturated rings. The van der Waals surface area contributed by atoms with Gasteiger partial charge in [0.2, 0.25) is 10.0 Å². The maximum absolute atomic E-state index is 12.8. The lowest BCUT2D eigenvalue weighted by Gasteiger charge is -2.30. The predicted octanol–water partition coefficient (Wildman–Crippen LogP) is 2.48. The molecular weight excluding hydrogens is 286 g/mol. The van der Waals surface area contributed by atoms with Gasteiger partial charge in [-0.15, -0.1) is 0 Å². The lowest BCUT2D eigenvalue weighted by molar-refractivity contribution is 0.286. The number of aromatic nitrogens is 1. The van der Waals surface area contributed by atoms with Crippen molar-refractivity contribution in [3.05, 3.63) is 18.0 Å². The number of hydrogen-bond donors (Lipinski definition) is 1. The average molecular weight is 313 g/mol. The Morgan fingerprint density at radius 1 is 1.33 bits per heavy atom. The van der Waals surface area contributed by atoms with Crippen LogP contribution in [0.5, 0.6) is 0 Å². The summed E-state index contributed by atoms with van der Waals surface area (Å²) in [5.74, 6) is 0. The maximum atomic E-state index is 12.8. The molecule has 0 aromatic carbocycles. The van der Waals surface area contributed by atoms with Gasteiger partial charge in [-0.1, -0.05) is 19.3 Å². The molecule has 5 nitrogen and oxygen atoms in total. The molecule has 0 amide bonds. The topological polar surface area (TPSA) is 68.3 Å². The Balaban J connectivity index is 2.30. The van der Waals surface area contributed by atoms with Gasteiger partial charge in [-0.05, 0) is 32.8 Å². The summed E-state index contributed by atoms with van der Waals surface area (Å²) in [6.07, 6.45) is 7.10. The summed E-state index contributed by atoms with van der Waals surface area (Å²) in [4.78, 5) is 0.365. The van der Waals surface area contributed by atoms with E-state index in [0.717, 1.165) is 31.4 Å². The predicted molar refractivity (Wildman–Crippen MR) is 84.5 cm³/mol. The van der Waals surface area contributed by atoms with Gasteiger partial charge in [0.25, 0.3) is 0 Å². The van der Waals surface area contributed by atoms with Crippen molar-refractivity contribution in [3.63, 3.8) is 0 Å². The Morgan fingerprint density at radius 2 is 1.95 bits per heavy atom. The van der Waals surface area contributed by atoms with Crippen molar-refractivity contribution in [3.8, 4) is 0 Å². The minimum absolute atomic E-state index is 0.132. The molecular formula is C15H27N3O2S. The Labute approximate surface area is 128 Å². The minimum Gasteiger partial charge on any atom is -0.346 e. The molecule has 1 aliphatic carbocycles. The van der Waals surface area contributed by atoms with Gasteiger partial charge in [-0.3, -0.25) is 0 Å². The van der Waals surface area contributed by atoms with Crippen LogP contribution in [0.15, 0.2) is 17.2 Å². The van der Waals surface area contributed by atoms with Crippen molar-refractivity contribution < 1.29 is 8.42 Å². The first kappa shape index (κ1) is 16.5. The van der Waals surface area contributed by atoms with Crippen LogP contribution in [0.1, 0.15) is 57.7 Å². The van der Waals surface area contributed by atoms with E-state index in [2.05, 4.69) is 0 Å². The smallest absolute Gasteiger partial charge is 0.244 e. The maximum Gasteiger partial charge on any atom is 0.244 e. The third-order valence-electron chi connectivity index (χ3n) is 4.44. The highest BCUT2D eigenvalue weighted by atomic mass is 32.2. The van der Waals surface area contributed by atoms with Gasteiger partial charge >= 0.3 is 0 Å². The van der Waals surface area contributed by atoms with Crippen LogP contribution < -0.4 is 5.73 Å². The van der Waals surface area contributed by atoms with E-state index in [1.165, 1.54) is 6.42 Å². The minimum atomic E-state index is -3.43. The number of sulfonamides is 1. The molecule has 0 bridgehead atoms. The van der Waals surface area contributed by atoms with Crippen LogP contribution >= 0.6 is 0 Å². The molecule has 1 saturated carbocycles. The molecule has 0 radical (unpaired) electrons. The Hall–Kier alpha value is -0.850. The Morgan fingerprint density at radius 3 is 2.43 bits per heavy atom. The zero-order chi connectivity index (χ0) is 15.6. The molecule has 0 saturated heterocycles. The average Bonchev–Trinajstić information content (AvgIpc) is 2.92. The summed E-state index contributed by atoms with van der Waals surface area (Å²) in [7, 11) is -1.72. The number of hydrogen-bond acceptors (Lipinski definition) is 3. The standard InChI is InChI=1S/C15H27N3O2S/c1-12(2)18-11-15(9-14(18)10-16)21(19,20)17(3)13-7-5-4-6-8-13/h9,11-13H,4-8,10,16H2,1-3H3. The van der Waals surface area contributed by atoms with Crippen LogP contribution in [0.3, 0.4) is 0 Å². The van der Waals surface area contributed by atoms with E-state index in [4.69, 9.17) is 5.73 Å². The van der Waals surface area contributed by atoms with Crippen molar-refractivity contribution in [1.82, 2.24) is 8.87 Å². The zero-order valence-electron chi connectivity index (χ0n) is 13.2.